The van der Waals surface area contributed by atoms with Crippen LogP contribution in [-0.2, 0) is 9.59 Å². The second-order valence-electron chi connectivity index (χ2n) is 7.07. The Morgan fingerprint density at radius 2 is 1.79 bits per heavy atom. The largest absolute Gasteiger partial charge is 0.482 e. The Hall–Kier alpha value is -2.86. The van der Waals surface area contributed by atoms with E-state index < -0.39 is 0 Å². The van der Waals surface area contributed by atoms with Gasteiger partial charge in [-0.1, -0.05) is 56.3 Å². The molecule has 6 nitrogen and oxygen atoms in total. The molecule has 2 amide bonds. The second-order valence-corrected chi connectivity index (χ2v) is 7.07. The van der Waals surface area contributed by atoms with Gasteiger partial charge in [0, 0.05) is 19.5 Å². The molecule has 154 valence electrons. The maximum absolute atomic E-state index is 12.7. The van der Waals surface area contributed by atoms with Crippen LogP contribution in [0.2, 0.25) is 0 Å². The number of likely N-dealkylation sites (N-methyl/N-ethyl adjacent to an activating group) is 1. The van der Waals surface area contributed by atoms with E-state index >= 15 is 0 Å². The first-order chi connectivity index (χ1) is 14.1. The highest BCUT2D eigenvalue weighted by Crippen LogP contribution is 2.31. The maximum atomic E-state index is 12.7. The molecule has 0 aliphatic carbocycles. The minimum atomic E-state index is -0.126. The molecule has 0 unspecified atom stereocenters. The Kier molecular flexibility index (Phi) is 7.25. The zero-order valence-corrected chi connectivity index (χ0v) is 17.1. The fourth-order valence-electron chi connectivity index (χ4n) is 3.54. The van der Waals surface area contributed by atoms with Crippen molar-refractivity contribution in [3.63, 3.8) is 0 Å². The molecular formula is C23H29N3O3. The minimum absolute atomic E-state index is 0.00718. The highest BCUT2D eigenvalue weighted by atomic mass is 16.5. The lowest BCUT2D eigenvalue weighted by Crippen LogP contribution is -2.42. The van der Waals surface area contributed by atoms with Gasteiger partial charge in [-0.15, -0.1) is 0 Å². The normalized spacial score (nSPS) is 14.3. The molecule has 1 heterocycles. The maximum Gasteiger partial charge on any atom is 0.265 e. The summed E-state index contributed by atoms with van der Waals surface area (Å²) < 4.78 is 5.47. The van der Waals surface area contributed by atoms with Crippen LogP contribution in [0.5, 0.6) is 5.75 Å². The Balaban J connectivity index is 1.65. The van der Waals surface area contributed by atoms with Crippen LogP contribution < -0.4 is 15.0 Å². The van der Waals surface area contributed by atoms with E-state index in [4.69, 9.17) is 4.74 Å². The Morgan fingerprint density at radius 1 is 1.10 bits per heavy atom. The van der Waals surface area contributed by atoms with E-state index in [1.54, 1.807) is 4.90 Å². The van der Waals surface area contributed by atoms with Gasteiger partial charge in [0.2, 0.25) is 5.91 Å². The summed E-state index contributed by atoms with van der Waals surface area (Å²) in [7, 11) is 0. The van der Waals surface area contributed by atoms with Crippen molar-refractivity contribution in [3.8, 4) is 5.75 Å². The monoisotopic (exact) mass is 395 g/mol. The van der Waals surface area contributed by atoms with Crippen LogP contribution in [0.25, 0.3) is 0 Å². The number of amides is 2. The predicted octanol–water partition coefficient (Wildman–Crippen LogP) is 3.00. The average Bonchev–Trinajstić information content (AvgIpc) is 2.76. The van der Waals surface area contributed by atoms with Crippen LogP contribution in [0, 0.1) is 0 Å². The summed E-state index contributed by atoms with van der Waals surface area (Å²) in [6.45, 7) is 7.18. The third kappa shape index (κ3) is 5.35. The number of ether oxygens (including phenoxy) is 1. The van der Waals surface area contributed by atoms with Crippen LogP contribution in [0.15, 0.2) is 54.6 Å². The van der Waals surface area contributed by atoms with Crippen molar-refractivity contribution in [3.05, 3.63) is 60.2 Å². The number of nitrogens with one attached hydrogen (secondary N) is 1. The number of fused-ring (bicyclic) bond motifs is 1. The molecule has 0 radical (unpaired) electrons. The van der Waals surface area contributed by atoms with E-state index in [-0.39, 0.29) is 30.9 Å². The molecule has 1 aliphatic rings. The molecule has 1 aliphatic heterocycles. The highest BCUT2D eigenvalue weighted by Gasteiger charge is 2.26. The fraction of sp³-hybridized carbons (Fsp3) is 0.391. The van der Waals surface area contributed by atoms with Crippen LogP contribution in [-0.4, -0.2) is 49.5 Å². The number of rotatable bonds is 9. The number of anilines is 1. The quantitative estimate of drug-likeness (QED) is 0.709. The first-order valence-corrected chi connectivity index (χ1v) is 10.2. The van der Waals surface area contributed by atoms with E-state index in [0.717, 1.165) is 30.9 Å². The van der Waals surface area contributed by atoms with Crippen LogP contribution >= 0.6 is 0 Å². The fourth-order valence-corrected chi connectivity index (χ4v) is 3.54. The van der Waals surface area contributed by atoms with E-state index in [9.17, 15) is 9.59 Å². The lowest BCUT2D eigenvalue weighted by atomic mass is 10.1. The SMILES string of the molecule is CCN(CC)C[C@H](NC(=O)CCN1C(=O)COc2ccccc21)c1ccccc1. The van der Waals surface area contributed by atoms with Crippen LogP contribution in [0.1, 0.15) is 31.9 Å². The molecule has 3 rings (SSSR count). The number of hydrogen-bond acceptors (Lipinski definition) is 4. The van der Waals surface area contributed by atoms with Crippen LogP contribution in [0.3, 0.4) is 0 Å². The van der Waals surface area contributed by atoms with Gasteiger partial charge < -0.3 is 19.9 Å². The van der Waals surface area contributed by atoms with Gasteiger partial charge >= 0.3 is 0 Å². The molecule has 1 N–H and O–H groups in total. The number of benzene rings is 2. The Morgan fingerprint density at radius 3 is 2.52 bits per heavy atom. The summed E-state index contributed by atoms with van der Waals surface area (Å²) in [4.78, 5) is 29.0. The van der Waals surface area contributed by atoms with E-state index in [1.165, 1.54) is 0 Å². The van der Waals surface area contributed by atoms with Crippen molar-refractivity contribution < 1.29 is 14.3 Å². The molecule has 0 fully saturated rings. The van der Waals surface area contributed by atoms with Crippen LogP contribution in [0.4, 0.5) is 5.69 Å². The van der Waals surface area contributed by atoms with Crippen molar-refractivity contribution in [2.75, 3.05) is 37.7 Å². The molecule has 2 aromatic carbocycles. The average molecular weight is 396 g/mol. The zero-order valence-electron chi connectivity index (χ0n) is 17.1. The standard InChI is InChI=1S/C23H29N3O3/c1-3-25(4-2)16-19(18-10-6-5-7-11-18)24-22(27)14-15-26-20-12-8-9-13-21(20)29-17-23(26)28/h5-13,19H,3-4,14-17H2,1-2H3,(H,24,27)/t19-/m0/s1. The Labute approximate surface area is 172 Å². The minimum Gasteiger partial charge on any atom is -0.482 e. The highest BCUT2D eigenvalue weighted by molar-refractivity contribution is 5.98. The predicted molar refractivity (Wildman–Crippen MR) is 114 cm³/mol. The van der Waals surface area contributed by atoms with Gasteiger partial charge in [0.15, 0.2) is 6.61 Å². The van der Waals surface area contributed by atoms with Crippen molar-refractivity contribution >= 4 is 17.5 Å². The number of hydrogen-bond donors (Lipinski definition) is 1. The molecule has 1 atom stereocenters. The van der Waals surface area contributed by atoms with Gasteiger partial charge in [-0.05, 0) is 30.8 Å². The van der Waals surface area contributed by atoms with E-state index in [0.29, 0.717) is 12.3 Å². The zero-order chi connectivity index (χ0) is 20.6. The third-order valence-corrected chi connectivity index (χ3v) is 5.24. The van der Waals surface area contributed by atoms with Gasteiger partial charge in [0.1, 0.15) is 5.75 Å². The number of carbonyl (C=O) groups excluding carboxylic acids is 2. The molecule has 2 aromatic rings. The molecular weight excluding hydrogens is 366 g/mol. The molecule has 6 heteroatoms. The number of para-hydroxylation sites is 2. The molecule has 0 saturated heterocycles. The number of nitrogens with zero attached hydrogens (tertiary/aromatic N) is 2. The van der Waals surface area contributed by atoms with Gasteiger partial charge in [0.05, 0.1) is 11.7 Å². The summed E-state index contributed by atoms with van der Waals surface area (Å²) in [6.07, 6.45) is 0.238. The van der Waals surface area contributed by atoms with Gasteiger partial charge in [-0.3, -0.25) is 9.59 Å². The molecule has 0 bridgehead atoms. The summed E-state index contributed by atoms with van der Waals surface area (Å²) in [6, 6.07) is 17.4. The van der Waals surface area contributed by atoms with E-state index in [2.05, 4.69) is 24.1 Å². The lowest BCUT2D eigenvalue weighted by molar-refractivity contribution is -0.122. The van der Waals surface area contributed by atoms with Crippen molar-refractivity contribution in [2.24, 2.45) is 0 Å². The topological polar surface area (TPSA) is 61.9 Å². The first-order valence-electron chi connectivity index (χ1n) is 10.2. The van der Waals surface area contributed by atoms with Crippen molar-refractivity contribution in [1.29, 1.82) is 0 Å². The van der Waals surface area contributed by atoms with Gasteiger partial charge in [-0.25, -0.2) is 0 Å². The molecule has 0 spiro atoms. The lowest BCUT2D eigenvalue weighted by Gasteiger charge is -2.30. The summed E-state index contributed by atoms with van der Waals surface area (Å²) in [5.74, 6) is 0.484. The molecule has 0 saturated carbocycles. The van der Waals surface area contributed by atoms with Crippen molar-refractivity contribution in [1.82, 2.24) is 10.2 Å². The number of carbonyl (C=O) groups is 2. The van der Waals surface area contributed by atoms with Gasteiger partial charge in [-0.2, -0.15) is 0 Å². The smallest absolute Gasteiger partial charge is 0.265 e. The summed E-state index contributed by atoms with van der Waals surface area (Å²) in [5.41, 5.74) is 1.81. The van der Waals surface area contributed by atoms with Crippen molar-refractivity contribution in [2.45, 2.75) is 26.3 Å². The third-order valence-electron chi connectivity index (χ3n) is 5.24. The summed E-state index contributed by atoms with van der Waals surface area (Å²) >= 11 is 0. The first kappa shape index (κ1) is 20.9. The van der Waals surface area contributed by atoms with Gasteiger partial charge in [0.25, 0.3) is 5.91 Å². The summed E-state index contributed by atoms with van der Waals surface area (Å²) in [5, 5.41) is 3.16. The molecule has 29 heavy (non-hydrogen) atoms. The Bertz CT molecular complexity index is 821. The molecule has 0 aromatic heterocycles. The second kappa shape index (κ2) is 10.1. The van der Waals surface area contributed by atoms with E-state index in [1.807, 2.05) is 54.6 Å².